The van der Waals surface area contributed by atoms with Crippen LogP contribution in [0.25, 0.3) is 0 Å². The third kappa shape index (κ3) is 5.01. The van der Waals surface area contributed by atoms with Crippen LogP contribution in [0.15, 0.2) is 0 Å². The Kier molecular flexibility index (Phi) is 5.53. The van der Waals surface area contributed by atoms with Crippen molar-refractivity contribution in [1.29, 1.82) is 0 Å². The number of thioether (sulfide) groups is 1. The molecular formula is C7H12O4S. The van der Waals surface area contributed by atoms with Crippen molar-refractivity contribution < 1.29 is 19.8 Å². The van der Waals surface area contributed by atoms with Crippen LogP contribution in [0.2, 0.25) is 0 Å². The summed E-state index contributed by atoms with van der Waals surface area (Å²) in [4.78, 5) is 20.7. The molecule has 0 aromatic heterocycles. The summed E-state index contributed by atoms with van der Waals surface area (Å²) in [5, 5.41) is 16.1. The van der Waals surface area contributed by atoms with Gasteiger partial charge >= 0.3 is 11.9 Å². The molecule has 0 aliphatic rings. The molecule has 0 amide bonds. The minimum atomic E-state index is -1.06. The molecule has 0 saturated carbocycles. The molecular weight excluding hydrogens is 180 g/mol. The van der Waals surface area contributed by atoms with E-state index in [-0.39, 0.29) is 6.42 Å². The van der Waals surface area contributed by atoms with Crippen LogP contribution in [0.5, 0.6) is 0 Å². The van der Waals surface area contributed by atoms with Gasteiger partial charge in [-0.15, -0.1) is 11.8 Å². The largest absolute Gasteiger partial charge is 0.481 e. The van der Waals surface area contributed by atoms with Crippen LogP contribution in [0, 0.1) is 0 Å². The maximum Gasteiger partial charge on any atom is 0.317 e. The predicted molar refractivity (Wildman–Crippen MR) is 46.4 cm³/mol. The number of carbonyl (C=O) groups is 2. The third-order valence-electron chi connectivity index (χ3n) is 1.16. The van der Waals surface area contributed by atoms with Crippen LogP contribution in [-0.4, -0.2) is 33.2 Å². The Morgan fingerprint density at radius 3 is 2.33 bits per heavy atom. The van der Waals surface area contributed by atoms with Crippen LogP contribution in [-0.2, 0) is 9.59 Å². The van der Waals surface area contributed by atoms with Gasteiger partial charge in [-0.1, -0.05) is 6.92 Å². The van der Waals surface area contributed by atoms with Gasteiger partial charge in [0.25, 0.3) is 0 Å². The average molecular weight is 192 g/mol. The van der Waals surface area contributed by atoms with Crippen molar-refractivity contribution in [3.63, 3.8) is 0 Å². The summed E-state index contributed by atoms with van der Waals surface area (Å²) >= 11 is 1.18. The van der Waals surface area contributed by atoms with Crippen LogP contribution in [0.1, 0.15) is 19.8 Å². The smallest absolute Gasteiger partial charge is 0.317 e. The molecule has 1 atom stereocenters. The molecule has 0 aromatic rings. The monoisotopic (exact) mass is 192 g/mol. The normalized spacial score (nSPS) is 12.4. The molecule has 5 heteroatoms. The van der Waals surface area contributed by atoms with Gasteiger partial charge < -0.3 is 10.2 Å². The van der Waals surface area contributed by atoms with Gasteiger partial charge in [0.15, 0.2) is 0 Å². The van der Waals surface area contributed by atoms with E-state index in [9.17, 15) is 9.59 Å². The van der Waals surface area contributed by atoms with Gasteiger partial charge in [-0.2, -0.15) is 0 Å². The molecule has 0 aromatic carbocycles. The summed E-state index contributed by atoms with van der Waals surface area (Å²) in [5.74, 6) is -1.42. The number of carboxylic acids is 2. The predicted octanol–water partition coefficient (Wildman–Crippen LogP) is 1.06. The molecule has 70 valence electrons. The lowest BCUT2D eigenvalue weighted by molar-refractivity contribution is -0.142. The average Bonchev–Trinajstić information content (AvgIpc) is 1.96. The molecule has 0 bridgehead atoms. The molecule has 0 saturated heterocycles. The first kappa shape index (κ1) is 11.3. The van der Waals surface area contributed by atoms with Crippen molar-refractivity contribution in [3.8, 4) is 0 Å². The fraction of sp³-hybridized carbons (Fsp3) is 0.714. The Morgan fingerprint density at radius 1 is 1.42 bits per heavy atom. The number of hydrogen-bond acceptors (Lipinski definition) is 3. The molecule has 0 aliphatic heterocycles. The SMILES string of the molecule is CCCSC(CC(=O)O)C(=O)O. The van der Waals surface area contributed by atoms with Crippen LogP contribution >= 0.6 is 11.8 Å². The molecule has 0 aliphatic carbocycles. The summed E-state index contributed by atoms with van der Waals surface area (Å²) in [7, 11) is 0. The van der Waals surface area contributed by atoms with E-state index in [4.69, 9.17) is 10.2 Å². The van der Waals surface area contributed by atoms with Gasteiger partial charge in [-0.3, -0.25) is 9.59 Å². The summed E-state index contributed by atoms with van der Waals surface area (Å²) < 4.78 is 0. The Bertz CT molecular complexity index is 169. The Morgan fingerprint density at radius 2 is 2.00 bits per heavy atom. The molecule has 0 heterocycles. The van der Waals surface area contributed by atoms with Crippen molar-refractivity contribution in [3.05, 3.63) is 0 Å². The van der Waals surface area contributed by atoms with Gasteiger partial charge in [0, 0.05) is 0 Å². The minimum Gasteiger partial charge on any atom is -0.481 e. The van der Waals surface area contributed by atoms with Crippen molar-refractivity contribution in [2.24, 2.45) is 0 Å². The zero-order valence-corrected chi connectivity index (χ0v) is 7.63. The summed E-state index contributed by atoms with van der Waals surface area (Å²) in [5.41, 5.74) is 0. The minimum absolute atomic E-state index is 0.306. The highest BCUT2D eigenvalue weighted by atomic mass is 32.2. The number of rotatable bonds is 6. The zero-order chi connectivity index (χ0) is 9.56. The van der Waals surface area contributed by atoms with Crippen molar-refractivity contribution >= 4 is 23.7 Å². The second-order valence-corrected chi connectivity index (χ2v) is 3.61. The highest BCUT2D eigenvalue weighted by molar-refractivity contribution is 8.00. The van der Waals surface area contributed by atoms with E-state index in [1.807, 2.05) is 6.92 Å². The van der Waals surface area contributed by atoms with Crippen LogP contribution in [0.3, 0.4) is 0 Å². The van der Waals surface area contributed by atoms with Gasteiger partial charge in [0.05, 0.1) is 6.42 Å². The first-order valence-electron chi connectivity index (χ1n) is 3.64. The van der Waals surface area contributed by atoms with E-state index in [0.29, 0.717) is 5.75 Å². The topological polar surface area (TPSA) is 74.6 Å². The van der Waals surface area contributed by atoms with E-state index in [0.717, 1.165) is 6.42 Å². The van der Waals surface area contributed by atoms with Crippen molar-refractivity contribution in [2.75, 3.05) is 5.75 Å². The highest BCUT2D eigenvalue weighted by Crippen LogP contribution is 2.15. The van der Waals surface area contributed by atoms with Crippen molar-refractivity contribution in [2.45, 2.75) is 25.0 Å². The number of carboxylic acid groups (broad SMARTS) is 2. The molecule has 2 N–H and O–H groups in total. The Hall–Kier alpha value is -0.710. The van der Waals surface area contributed by atoms with Gasteiger partial charge in [-0.25, -0.2) is 0 Å². The van der Waals surface area contributed by atoms with E-state index >= 15 is 0 Å². The van der Waals surface area contributed by atoms with E-state index in [2.05, 4.69) is 0 Å². The Balaban J connectivity index is 3.87. The molecule has 0 rings (SSSR count). The maximum atomic E-state index is 10.5. The standard InChI is InChI=1S/C7H12O4S/c1-2-3-12-5(7(10)11)4-6(8)9/h5H,2-4H2,1H3,(H,8,9)(H,10,11). The van der Waals surface area contributed by atoms with Gasteiger partial charge in [0.2, 0.25) is 0 Å². The quantitative estimate of drug-likeness (QED) is 0.658. The van der Waals surface area contributed by atoms with Gasteiger partial charge in [-0.05, 0) is 12.2 Å². The van der Waals surface area contributed by atoms with E-state index < -0.39 is 17.2 Å². The van der Waals surface area contributed by atoms with Crippen LogP contribution in [0.4, 0.5) is 0 Å². The molecule has 12 heavy (non-hydrogen) atoms. The molecule has 4 nitrogen and oxygen atoms in total. The molecule has 0 radical (unpaired) electrons. The molecule has 0 spiro atoms. The molecule has 0 fully saturated rings. The van der Waals surface area contributed by atoms with Crippen LogP contribution < -0.4 is 0 Å². The lowest BCUT2D eigenvalue weighted by Gasteiger charge is -2.07. The zero-order valence-electron chi connectivity index (χ0n) is 6.82. The summed E-state index contributed by atoms with van der Waals surface area (Å²) in [6, 6.07) is 0. The lowest BCUT2D eigenvalue weighted by Crippen LogP contribution is -2.20. The van der Waals surface area contributed by atoms with Crippen molar-refractivity contribution in [1.82, 2.24) is 0 Å². The second-order valence-electron chi connectivity index (χ2n) is 2.30. The number of hydrogen-bond donors (Lipinski definition) is 2. The lowest BCUT2D eigenvalue weighted by atomic mass is 10.3. The maximum absolute atomic E-state index is 10.5. The third-order valence-corrected chi connectivity index (χ3v) is 2.57. The fourth-order valence-corrected chi connectivity index (χ4v) is 1.56. The summed E-state index contributed by atoms with van der Waals surface area (Å²) in [6.07, 6.45) is 0.550. The van der Waals surface area contributed by atoms with Gasteiger partial charge in [0.1, 0.15) is 5.25 Å². The van der Waals surface area contributed by atoms with E-state index in [1.165, 1.54) is 11.8 Å². The van der Waals surface area contributed by atoms with E-state index in [1.54, 1.807) is 0 Å². The fourth-order valence-electron chi connectivity index (χ4n) is 0.636. The Labute approximate surface area is 75.0 Å². The first-order chi connectivity index (χ1) is 5.57. The first-order valence-corrected chi connectivity index (χ1v) is 4.69. The molecule has 1 unspecified atom stereocenters. The highest BCUT2D eigenvalue weighted by Gasteiger charge is 2.20. The number of aliphatic carboxylic acids is 2. The summed E-state index contributed by atoms with van der Waals surface area (Å²) in [6.45, 7) is 1.92. The second kappa shape index (κ2) is 5.88.